The van der Waals surface area contributed by atoms with Gasteiger partial charge in [0.2, 0.25) is 0 Å². The van der Waals surface area contributed by atoms with E-state index in [4.69, 9.17) is 14.2 Å². The predicted molar refractivity (Wildman–Crippen MR) is 111 cm³/mol. The molecule has 2 aromatic rings. The first-order chi connectivity index (χ1) is 14.1. The Morgan fingerprint density at radius 3 is 2.79 bits per heavy atom. The zero-order valence-corrected chi connectivity index (χ0v) is 17.0. The number of amides is 1. The van der Waals surface area contributed by atoms with E-state index in [1.165, 1.54) is 0 Å². The van der Waals surface area contributed by atoms with Crippen molar-refractivity contribution < 1.29 is 19.0 Å². The molecule has 0 aliphatic carbocycles. The van der Waals surface area contributed by atoms with E-state index in [1.807, 2.05) is 60.4 Å². The highest BCUT2D eigenvalue weighted by atomic mass is 16.5. The Bertz CT molecular complexity index is 865. The van der Waals surface area contributed by atoms with Gasteiger partial charge in [0.05, 0.1) is 18.3 Å². The van der Waals surface area contributed by atoms with E-state index in [9.17, 15) is 4.79 Å². The van der Waals surface area contributed by atoms with E-state index in [0.29, 0.717) is 25.3 Å². The molecule has 0 spiro atoms. The fourth-order valence-corrected chi connectivity index (χ4v) is 4.13. The number of hydrogen-bond acceptors (Lipinski definition) is 5. The van der Waals surface area contributed by atoms with Crippen LogP contribution in [0.5, 0.6) is 5.75 Å². The van der Waals surface area contributed by atoms with Gasteiger partial charge >= 0.3 is 0 Å². The van der Waals surface area contributed by atoms with Gasteiger partial charge in [-0.1, -0.05) is 30.3 Å². The van der Waals surface area contributed by atoms with Crippen LogP contribution in [0.1, 0.15) is 35.7 Å². The second-order valence-electron chi connectivity index (χ2n) is 7.63. The Morgan fingerprint density at radius 2 is 2.00 bits per heavy atom. The maximum Gasteiger partial charge on any atom is 0.258 e. The van der Waals surface area contributed by atoms with E-state index < -0.39 is 5.66 Å². The third-order valence-corrected chi connectivity index (χ3v) is 5.70. The molecule has 0 bridgehead atoms. The van der Waals surface area contributed by atoms with Gasteiger partial charge in [-0.3, -0.25) is 4.79 Å². The maximum atomic E-state index is 13.4. The highest BCUT2D eigenvalue weighted by molar-refractivity contribution is 6.02. The Morgan fingerprint density at radius 1 is 1.21 bits per heavy atom. The highest BCUT2D eigenvalue weighted by Gasteiger charge is 2.43. The third kappa shape index (κ3) is 3.82. The summed E-state index contributed by atoms with van der Waals surface area (Å²) in [5, 5.41) is 3.59. The number of carbonyl (C=O) groups excluding carboxylic acids is 1. The molecule has 1 amide bonds. The molecule has 2 heterocycles. The van der Waals surface area contributed by atoms with Gasteiger partial charge in [0.15, 0.2) is 0 Å². The molecule has 0 aromatic heterocycles. The van der Waals surface area contributed by atoms with Crippen LogP contribution in [0.15, 0.2) is 48.5 Å². The summed E-state index contributed by atoms with van der Waals surface area (Å²) in [6.07, 6.45) is 2.22. The van der Waals surface area contributed by atoms with Crippen molar-refractivity contribution in [3.63, 3.8) is 0 Å². The maximum absolute atomic E-state index is 13.4. The standard InChI is InChI=1S/C23H28N2O4/c1-23(19-10-4-6-12-21(19)29-16-17-8-7-14-28-17)24-20-11-5-3-9-18(20)22(26)25(23)13-15-27-2/h3-6,9-12,17,24H,7-8,13-16H2,1-2H3. The molecule has 2 aromatic carbocycles. The SMILES string of the molecule is COCCN1C(=O)c2ccccc2NC1(C)c1ccccc1OCC1CCCO1. The van der Waals surface area contributed by atoms with Gasteiger partial charge in [-0.2, -0.15) is 0 Å². The van der Waals surface area contributed by atoms with Crippen molar-refractivity contribution in [1.82, 2.24) is 4.90 Å². The lowest BCUT2D eigenvalue weighted by molar-refractivity contribution is 0.0416. The first-order valence-electron chi connectivity index (χ1n) is 10.2. The number of nitrogens with zero attached hydrogens (tertiary/aromatic N) is 1. The van der Waals surface area contributed by atoms with Crippen LogP contribution in [0.4, 0.5) is 5.69 Å². The van der Waals surface area contributed by atoms with Crippen molar-refractivity contribution in [1.29, 1.82) is 0 Å². The monoisotopic (exact) mass is 396 g/mol. The summed E-state index contributed by atoms with van der Waals surface area (Å²) in [6, 6.07) is 15.5. The van der Waals surface area contributed by atoms with Gasteiger partial charge < -0.3 is 24.4 Å². The predicted octanol–water partition coefficient (Wildman–Crippen LogP) is 3.63. The number of rotatable bonds is 7. The van der Waals surface area contributed by atoms with Crippen molar-refractivity contribution >= 4 is 11.6 Å². The van der Waals surface area contributed by atoms with Crippen LogP contribution < -0.4 is 10.1 Å². The molecule has 154 valence electrons. The summed E-state index contributed by atoms with van der Waals surface area (Å²) in [4.78, 5) is 15.2. The highest BCUT2D eigenvalue weighted by Crippen LogP contribution is 2.41. The molecule has 29 heavy (non-hydrogen) atoms. The second-order valence-corrected chi connectivity index (χ2v) is 7.63. The van der Waals surface area contributed by atoms with Crippen LogP contribution in [-0.2, 0) is 15.1 Å². The Balaban J connectivity index is 1.70. The first-order valence-corrected chi connectivity index (χ1v) is 10.2. The van der Waals surface area contributed by atoms with Gasteiger partial charge in [0.1, 0.15) is 18.0 Å². The lowest BCUT2D eigenvalue weighted by Gasteiger charge is -2.47. The van der Waals surface area contributed by atoms with Crippen LogP contribution in [0.2, 0.25) is 0 Å². The van der Waals surface area contributed by atoms with E-state index >= 15 is 0 Å². The molecule has 6 heteroatoms. The number of methoxy groups -OCH3 is 1. The lowest BCUT2D eigenvalue weighted by atomic mass is 9.92. The molecular weight excluding hydrogens is 368 g/mol. The molecule has 4 rings (SSSR count). The smallest absolute Gasteiger partial charge is 0.258 e. The summed E-state index contributed by atoms with van der Waals surface area (Å²) in [5.41, 5.74) is 1.63. The minimum absolute atomic E-state index is 0.0205. The molecule has 1 N–H and O–H groups in total. The van der Waals surface area contributed by atoms with Gasteiger partial charge in [-0.05, 0) is 38.0 Å². The van der Waals surface area contributed by atoms with Gasteiger partial charge in [-0.25, -0.2) is 0 Å². The summed E-state index contributed by atoms with van der Waals surface area (Å²) in [6.45, 7) is 4.24. The molecule has 6 nitrogen and oxygen atoms in total. The number of ether oxygens (including phenoxy) is 3. The molecule has 2 aliphatic heterocycles. The number of nitrogens with one attached hydrogen (secondary N) is 1. The largest absolute Gasteiger partial charge is 0.490 e. The number of anilines is 1. The average molecular weight is 396 g/mol. The van der Waals surface area contributed by atoms with Crippen LogP contribution in [0.3, 0.4) is 0 Å². The van der Waals surface area contributed by atoms with E-state index in [0.717, 1.165) is 36.4 Å². The minimum Gasteiger partial charge on any atom is -0.490 e. The van der Waals surface area contributed by atoms with E-state index in [-0.39, 0.29) is 12.0 Å². The van der Waals surface area contributed by atoms with E-state index in [2.05, 4.69) is 5.32 Å². The molecule has 2 atom stereocenters. The second kappa shape index (κ2) is 8.43. The quantitative estimate of drug-likeness (QED) is 0.774. The molecule has 0 radical (unpaired) electrons. The third-order valence-electron chi connectivity index (χ3n) is 5.70. The number of para-hydroxylation sites is 2. The molecule has 1 fully saturated rings. The normalized spacial score (nSPS) is 23.6. The van der Waals surface area contributed by atoms with Crippen molar-refractivity contribution in [2.45, 2.75) is 31.5 Å². The summed E-state index contributed by atoms with van der Waals surface area (Å²) < 4.78 is 17.2. The van der Waals surface area contributed by atoms with Crippen molar-refractivity contribution in [3.8, 4) is 5.75 Å². The Kier molecular flexibility index (Phi) is 5.74. The summed E-state index contributed by atoms with van der Waals surface area (Å²) in [5.74, 6) is 0.737. The van der Waals surface area contributed by atoms with Crippen molar-refractivity contribution in [2.75, 3.05) is 38.8 Å². The van der Waals surface area contributed by atoms with Gasteiger partial charge in [0, 0.05) is 31.5 Å². The zero-order chi connectivity index (χ0) is 20.3. The fraction of sp³-hybridized carbons (Fsp3) is 0.435. The van der Waals surface area contributed by atoms with Gasteiger partial charge in [-0.15, -0.1) is 0 Å². The van der Waals surface area contributed by atoms with Crippen LogP contribution in [-0.4, -0.2) is 50.4 Å². The Hall–Kier alpha value is -2.57. The number of hydrogen-bond donors (Lipinski definition) is 1. The average Bonchev–Trinajstić information content (AvgIpc) is 3.26. The van der Waals surface area contributed by atoms with Crippen molar-refractivity contribution in [3.05, 3.63) is 59.7 Å². The van der Waals surface area contributed by atoms with Crippen LogP contribution >= 0.6 is 0 Å². The van der Waals surface area contributed by atoms with Crippen LogP contribution in [0, 0.1) is 0 Å². The number of carbonyl (C=O) groups is 1. The summed E-state index contributed by atoms with van der Waals surface area (Å²) in [7, 11) is 1.64. The fourth-order valence-electron chi connectivity index (χ4n) is 4.13. The van der Waals surface area contributed by atoms with E-state index in [1.54, 1.807) is 7.11 Å². The zero-order valence-electron chi connectivity index (χ0n) is 17.0. The first kappa shape index (κ1) is 19.7. The molecule has 0 saturated carbocycles. The minimum atomic E-state index is -0.767. The molecular formula is C23H28N2O4. The summed E-state index contributed by atoms with van der Waals surface area (Å²) >= 11 is 0. The molecule has 1 saturated heterocycles. The topological polar surface area (TPSA) is 60.0 Å². The molecule has 2 unspecified atom stereocenters. The number of fused-ring (bicyclic) bond motifs is 1. The lowest BCUT2D eigenvalue weighted by Crippen LogP contribution is -2.56. The Labute approximate surface area is 171 Å². The van der Waals surface area contributed by atoms with Crippen LogP contribution in [0.25, 0.3) is 0 Å². The number of benzene rings is 2. The van der Waals surface area contributed by atoms with Gasteiger partial charge in [0.25, 0.3) is 5.91 Å². The van der Waals surface area contributed by atoms with Crippen molar-refractivity contribution in [2.24, 2.45) is 0 Å². The molecule has 2 aliphatic rings.